The van der Waals surface area contributed by atoms with E-state index in [0.717, 1.165) is 4.31 Å². The molecule has 0 heterocycles. The maximum absolute atomic E-state index is 13.1. The zero-order valence-electron chi connectivity index (χ0n) is 15.0. The van der Waals surface area contributed by atoms with Gasteiger partial charge in [0, 0.05) is 18.7 Å². The highest BCUT2D eigenvalue weighted by molar-refractivity contribution is 7.92. The smallest absolute Gasteiger partial charge is 0.327 e. The van der Waals surface area contributed by atoms with Crippen LogP contribution in [-0.4, -0.2) is 38.6 Å². The van der Waals surface area contributed by atoms with E-state index in [9.17, 15) is 23.1 Å². The van der Waals surface area contributed by atoms with Crippen LogP contribution in [0.15, 0.2) is 53.4 Å². The number of rotatable bonds is 7. The molecule has 1 atom stereocenters. The molecular weight excluding hydrogens is 372 g/mol. The molecule has 0 radical (unpaired) electrons. The maximum atomic E-state index is 13.1. The lowest BCUT2D eigenvalue weighted by Gasteiger charge is -2.28. The molecule has 0 aliphatic rings. The summed E-state index contributed by atoms with van der Waals surface area (Å²) in [5.74, 6) is -1.19. The molecule has 0 bridgehead atoms. The first kappa shape index (κ1) is 20.2. The molecule has 9 heteroatoms. The van der Waals surface area contributed by atoms with Crippen molar-refractivity contribution >= 4 is 33.3 Å². The molecule has 0 aliphatic carbocycles. The first-order chi connectivity index (χ1) is 12.7. The minimum Gasteiger partial charge on any atom is -0.497 e. The summed E-state index contributed by atoms with van der Waals surface area (Å²) in [5, 5.41) is 12.0. The van der Waals surface area contributed by atoms with Crippen LogP contribution in [-0.2, 0) is 19.6 Å². The van der Waals surface area contributed by atoms with E-state index in [1.807, 2.05) is 0 Å². The molecule has 0 spiro atoms. The molecule has 2 aromatic carbocycles. The minimum absolute atomic E-state index is 0.104. The number of amides is 1. The van der Waals surface area contributed by atoms with E-state index in [4.69, 9.17) is 4.74 Å². The molecule has 8 nitrogen and oxygen atoms in total. The Hall–Kier alpha value is -3.07. The van der Waals surface area contributed by atoms with Crippen molar-refractivity contribution in [2.75, 3.05) is 16.7 Å². The molecule has 1 unspecified atom stereocenters. The number of nitrogens with one attached hydrogen (secondary N) is 1. The van der Waals surface area contributed by atoms with Crippen LogP contribution >= 0.6 is 0 Å². The predicted octanol–water partition coefficient (Wildman–Crippen LogP) is 2.32. The summed E-state index contributed by atoms with van der Waals surface area (Å²) >= 11 is 0. The summed E-state index contributed by atoms with van der Waals surface area (Å²) in [6.07, 6.45) is 0. The van der Waals surface area contributed by atoms with Gasteiger partial charge < -0.3 is 15.2 Å². The van der Waals surface area contributed by atoms with Crippen LogP contribution in [0.5, 0.6) is 5.75 Å². The summed E-state index contributed by atoms with van der Waals surface area (Å²) in [7, 11) is -2.75. The number of methoxy groups -OCH3 is 1. The number of carboxylic acids is 1. The van der Waals surface area contributed by atoms with Crippen LogP contribution in [0.2, 0.25) is 0 Å². The normalized spacial score (nSPS) is 12.1. The molecule has 1 amide bonds. The van der Waals surface area contributed by atoms with Crippen LogP contribution in [0, 0.1) is 0 Å². The van der Waals surface area contributed by atoms with Gasteiger partial charge in [-0.3, -0.25) is 9.10 Å². The lowest BCUT2D eigenvalue weighted by atomic mass is 10.2. The van der Waals surface area contributed by atoms with Crippen molar-refractivity contribution in [3.63, 3.8) is 0 Å². The van der Waals surface area contributed by atoms with Crippen molar-refractivity contribution in [1.82, 2.24) is 0 Å². The standard InChI is InChI=1S/C18H20N2O6S/c1-12(18(22)23)20(15-5-4-6-16(11-15)26-3)27(24,25)17-9-7-14(8-10-17)19-13(2)21/h4-12H,1-3H3,(H,19,21)(H,22,23). The van der Waals surface area contributed by atoms with Gasteiger partial charge >= 0.3 is 5.97 Å². The van der Waals surface area contributed by atoms with Crippen molar-refractivity contribution in [3.05, 3.63) is 48.5 Å². The van der Waals surface area contributed by atoms with E-state index < -0.39 is 22.0 Å². The third-order valence-electron chi connectivity index (χ3n) is 3.75. The van der Waals surface area contributed by atoms with Gasteiger partial charge in [-0.15, -0.1) is 0 Å². The number of sulfonamides is 1. The number of hydrogen-bond acceptors (Lipinski definition) is 5. The monoisotopic (exact) mass is 392 g/mol. The number of carbonyl (C=O) groups is 2. The number of carbonyl (C=O) groups excluding carboxylic acids is 1. The van der Waals surface area contributed by atoms with Crippen molar-refractivity contribution in [2.24, 2.45) is 0 Å². The van der Waals surface area contributed by atoms with Crippen LogP contribution in [0.25, 0.3) is 0 Å². The van der Waals surface area contributed by atoms with Gasteiger partial charge in [0.15, 0.2) is 0 Å². The van der Waals surface area contributed by atoms with E-state index in [0.29, 0.717) is 11.4 Å². The third kappa shape index (κ3) is 4.56. The Morgan fingerprint density at radius 3 is 2.30 bits per heavy atom. The SMILES string of the molecule is COc1cccc(N(C(C)C(=O)O)S(=O)(=O)c2ccc(NC(C)=O)cc2)c1. The van der Waals surface area contributed by atoms with Gasteiger partial charge in [0.1, 0.15) is 11.8 Å². The summed E-state index contributed by atoms with van der Waals surface area (Å²) in [6.45, 7) is 2.62. The Balaban J connectivity index is 2.53. The van der Waals surface area contributed by atoms with Crippen molar-refractivity contribution < 1.29 is 27.9 Å². The molecule has 0 aliphatic heterocycles. The third-order valence-corrected chi connectivity index (χ3v) is 5.66. The van der Waals surface area contributed by atoms with Crippen LogP contribution in [0.4, 0.5) is 11.4 Å². The molecular formula is C18H20N2O6S. The van der Waals surface area contributed by atoms with E-state index in [1.54, 1.807) is 12.1 Å². The first-order valence-corrected chi connectivity index (χ1v) is 9.39. The fraction of sp³-hybridized carbons (Fsp3) is 0.222. The quantitative estimate of drug-likeness (QED) is 0.748. The highest BCUT2D eigenvalue weighted by Gasteiger charge is 2.33. The summed E-state index contributed by atoms with van der Waals surface area (Å²) in [4.78, 5) is 22.5. The Morgan fingerprint density at radius 1 is 1.15 bits per heavy atom. The van der Waals surface area contributed by atoms with Gasteiger partial charge in [-0.25, -0.2) is 13.2 Å². The fourth-order valence-corrected chi connectivity index (χ4v) is 4.05. The summed E-state index contributed by atoms with van der Waals surface area (Å²) < 4.78 is 32.2. The van der Waals surface area contributed by atoms with E-state index in [2.05, 4.69) is 5.32 Å². The zero-order valence-corrected chi connectivity index (χ0v) is 15.9. The van der Waals surface area contributed by atoms with E-state index in [-0.39, 0.29) is 16.5 Å². The van der Waals surface area contributed by atoms with Gasteiger partial charge in [-0.1, -0.05) is 6.07 Å². The second-order valence-corrected chi connectivity index (χ2v) is 7.54. The predicted molar refractivity (Wildman–Crippen MR) is 101 cm³/mol. The Bertz CT molecular complexity index is 941. The van der Waals surface area contributed by atoms with Gasteiger partial charge in [-0.2, -0.15) is 0 Å². The Labute approximate surface area is 157 Å². The molecule has 144 valence electrons. The van der Waals surface area contributed by atoms with Gasteiger partial charge in [0.2, 0.25) is 5.91 Å². The first-order valence-electron chi connectivity index (χ1n) is 7.95. The molecule has 0 fully saturated rings. The van der Waals surface area contributed by atoms with Crippen molar-refractivity contribution in [2.45, 2.75) is 24.8 Å². The minimum atomic E-state index is -4.18. The molecule has 2 aromatic rings. The second kappa shape index (κ2) is 8.09. The lowest BCUT2D eigenvalue weighted by Crippen LogP contribution is -2.43. The maximum Gasteiger partial charge on any atom is 0.327 e. The van der Waals surface area contributed by atoms with Crippen LogP contribution in [0.3, 0.4) is 0 Å². The highest BCUT2D eigenvalue weighted by atomic mass is 32.2. The number of hydrogen-bond donors (Lipinski definition) is 2. The van der Waals surface area contributed by atoms with Crippen molar-refractivity contribution in [3.8, 4) is 5.75 Å². The number of nitrogens with zero attached hydrogens (tertiary/aromatic N) is 1. The molecule has 2 N–H and O–H groups in total. The Morgan fingerprint density at radius 2 is 1.78 bits per heavy atom. The number of ether oxygens (including phenoxy) is 1. The Kier molecular flexibility index (Phi) is 6.06. The lowest BCUT2D eigenvalue weighted by molar-refractivity contribution is -0.137. The second-order valence-electron chi connectivity index (χ2n) is 5.72. The van der Waals surface area contributed by atoms with Crippen LogP contribution < -0.4 is 14.4 Å². The molecule has 2 rings (SSSR count). The van der Waals surface area contributed by atoms with E-state index in [1.165, 1.54) is 57.4 Å². The van der Waals surface area contributed by atoms with E-state index >= 15 is 0 Å². The van der Waals surface area contributed by atoms with Gasteiger partial charge in [0.25, 0.3) is 10.0 Å². The van der Waals surface area contributed by atoms with Crippen LogP contribution in [0.1, 0.15) is 13.8 Å². The number of benzene rings is 2. The molecule has 27 heavy (non-hydrogen) atoms. The summed E-state index contributed by atoms with van der Waals surface area (Å²) in [6, 6.07) is 10.3. The molecule has 0 aromatic heterocycles. The molecule has 0 saturated carbocycles. The largest absolute Gasteiger partial charge is 0.497 e. The molecule has 0 saturated heterocycles. The number of anilines is 2. The topological polar surface area (TPSA) is 113 Å². The van der Waals surface area contributed by atoms with Crippen molar-refractivity contribution in [1.29, 1.82) is 0 Å². The van der Waals surface area contributed by atoms with Gasteiger partial charge in [0.05, 0.1) is 17.7 Å². The fourth-order valence-electron chi connectivity index (χ4n) is 2.45. The zero-order chi connectivity index (χ0) is 20.2. The highest BCUT2D eigenvalue weighted by Crippen LogP contribution is 2.29. The van der Waals surface area contributed by atoms with Gasteiger partial charge in [-0.05, 0) is 43.3 Å². The average molecular weight is 392 g/mol. The summed E-state index contributed by atoms with van der Waals surface area (Å²) in [5.41, 5.74) is 0.593. The average Bonchev–Trinajstić information content (AvgIpc) is 2.61. The number of carboxylic acid groups (broad SMARTS) is 1. The number of aliphatic carboxylic acids is 1.